The molecule has 13 heavy (non-hydrogen) atoms. The second kappa shape index (κ2) is 4.64. The fourth-order valence-electron chi connectivity index (χ4n) is 0.386. The Bertz CT molecular complexity index is 230. The van der Waals surface area contributed by atoms with E-state index in [1.807, 2.05) is 0 Å². The number of alkyl halides is 3. The molecule has 0 saturated carbocycles. The SMILES string of the molecule is CC(=O)/C=C/C(=O)OCC(F)(F)F. The van der Waals surface area contributed by atoms with Gasteiger partial charge in [0, 0.05) is 6.08 Å². The van der Waals surface area contributed by atoms with E-state index in [1.165, 1.54) is 0 Å². The minimum absolute atomic E-state index is 0.441. The summed E-state index contributed by atoms with van der Waals surface area (Å²) >= 11 is 0. The van der Waals surface area contributed by atoms with E-state index in [4.69, 9.17) is 0 Å². The minimum atomic E-state index is -4.54. The van der Waals surface area contributed by atoms with Crippen molar-refractivity contribution in [1.82, 2.24) is 0 Å². The lowest BCUT2D eigenvalue weighted by atomic mass is 10.4. The van der Waals surface area contributed by atoms with Crippen LogP contribution in [0.4, 0.5) is 13.2 Å². The molecule has 6 heteroatoms. The molecule has 0 spiro atoms. The number of allylic oxidation sites excluding steroid dienone is 1. The van der Waals surface area contributed by atoms with Gasteiger partial charge in [0.05, 0.1) is 0 Å². The molecule has 0 bridgehead atoms. The van der Waals surface area contributed by atoms with E-state index in [2.05, 4.69) is 4.74 Å². The van der Waals surface area contributed by atoms with Crippen LogP contribution in [-0.2, 0) is 14.3 Å². The Balaban J connectivity index is 3.83. The van der Waals surface area contributed by atoms with Gasteiger partial charge in [0.15, 0.2) is 12.4 Å². The van der Waals surface area contributed by atoms with Gasteiger partial charge in [0.25, 0.3) is 0 Å². The summed E-state index contributed by atoms with van der Waals surface area (Å²) in [6, 6.07) is 0. The zero-order chi connectivity index (χ0) is 10.5. The van der Waals surface area contributed by atoms with Crippen molar-refractivity contribution in [2.24, 2.45) is 0 Å². The predicted molar refractivity (Wildman–Crippen MR) is 36.8 cm³/mol. The van der Waals surface area contributed by atoms with Gasteiger partial charge < -0.3 is 4.74 Å². The first kappa shape index (κ1) is 11.7. The van der Waals surface area contributed by atoms with E-state index < -0.39 is 24.5 Å². The Hall–Kier alpha value is -1.33. The lowest BCUT2D eigenvalue weighted by Crippen LogP contribution is -2.19. The first-order valence-electron chi connectivity index (χ1n) is 3.23. The highest BCUT2D eigenvalue weighted by Gasteiger charge is 2.29. The van der Waals surface area contributed by atoms with Gasteiger partial charge in [-0.1, -0.05) is 0 Å². The molecule has 0 aliphatic heterocycles. The van der Waals surface area contributed by atoms with E-state index in [1.54, 1.807) is 0 Å². The normalized spacial score (nSPS) is 11.7. The lowest BCUT2D eigenvalue weighted by Gasteiger charge is -2.04. The third-order valence-corrected chi connectivity index (χ3v) is 0.832. The van der Waals surface area contributed by atoms with Crippen molar-refractivity contribution in [2.45, 2.75) is 13.1 Å². The average molecular weight is 196 g/mol. The number of hydrogen-bond acceptors (Lipinski definition) is 3. The molecule has 0 fully saturated rings. The summed E-state index contributed by atoms with van der Waals surface area (Å²) in [6.45, 7) is -0.485. The van der Waals surface area contributed by atoms with Gasteiger partial charge in [-0.25, -0.2) is 4.79 Å². The van der Waals surface area contributed by atoms with E-state index in [0.29, 0.717) is 6.08 Å². The molecule has 0 aliphatic rings. The summed E-state index contributed by atoms with van der Waals surface area (Å²) in [7, 11) is 0. The van der Waals surface area contributed by atoms with Crippen LogP contribution in [0.2, 0.25) is 0 Å². The lowest BCUT2D eigenvalue weighted by molar-refractivity contribution is -0.182. The molecule has 0 radical (unpaired) electrons. The monoisotopic (exact) mass is 196 g/mol. The van der Waals surface area contributed by atoms with E-state index >= 15 is 0 Å². The van der Waals surface area contributed by atoms with Crippen LogP contribution < -0.4 is 0 Å². The van der Waals surface area contributed by atoms with E-state index in [9.17, 15) is 22.8 Å². The summed E-state index contributed by atoms with van der Waals surface area (Å²) < 4.78 is 38.1. The number of halogens is 3. The number of carbonyl (C=O) groups excluding carboxylic acids is 2. The Morgan fingerprint density at radius 1 is 1.31 bits per heavy atom. The van der Waals surface area contributed by atoms with Crippen LogP contribution in [0.5, 0.6) is 0 Å². The first-order valence-corrected chi connectivity index (χ1v) is 3.23. The molecule has 3 nitrogen and oxygen atoms in total. The third kappa shape index (κ3) is 8.58. The molecule has 0 rings (SSSR count). The molecule has 0 aliphatic carbocycles. The Morgan fingerprint density at radius 3 is 2.23 bits per heavy atom. The Morgan fingerprint density at radius 2 is 1.85 bits per heavy atom. The molecule has 0 aromatic heterocycles. The molecule has 0 heterocycles. The number of ketones is 1. The third-order valence-electron chi connectivity index (χ3n) is 0.832. The van der Waals surface area contributed by atoms with Crippen molar-refractivity contribution in [3.63, 3.8) is 0 Å². The van der Waals surface area contributed by atoms with Crippen LogP contribution in [0, 0.1) is 0 Å². The van der Waals surface area contributed by atoms with Gasteiger partial charge in [-0.15, -0.1) is 0 Å². The van der Waals surface area contributed by atoms with Crippen LogP contribution in [0.3, 0.4) is 0 Å². The Kier molecular flexibility index (Phi) is 4.16. The molecule has 0 atom stereocenters. The smallest absolute Gasteiger partial charge is 0.422 e. The second-order valence-electron chi connectivity index (χ2n) is 2.17. The maximum Gasteiger partial charge on any atom is 0.422 e. The van der Waals surface area contributed by atoms with Gasteiger partial charge in [0.1, 0.15) is 0 Å². The highest BCUT2D eigenvalue weighted by Crippen LogP contribution is 2.14. The molecule has 0 amide bonds. The minimum Gasteiger partial charge on any atom is -0.453 e. The van der Waals surface area contributed by atoms with Crippen LogP contribution in [-0.4, -0.2) is 24.5 Å². The van der Waals surface area contributed by atoms with Crippen molar-refractivity contribution < 1.29 is 27.5 Å². The quantitative estimate of drug-likeness (QED) is 0.503. The van der Waals surface area contributed by atoms with Crippen molar-refractivity contribution in [3.05, 3.63) is 12.2 Å². The summed E-state index contributed by atoms with van der Waals surface area (Å²) in [6.07, 6.45) is -3.06. The number of ether oxygens (including phenoxy) is 1. The topological polar surface area (TPSA) is 43.4 Å². The maximum atomic E-state index is 11.4. The van der Waals surface area contributed by atoms with Gasteiger partial charge in [-0.3, -0.25) is 4.79 Å². The molecule has 0 N–H and O–H groups in total. The summed E-state index contributed by atoms with van der Waals surface area (Å²) in [4.78, 5) is 20.7. The molecule has 0 aromatic rings. The van der Waals surface area contributed by atoms with Gasteiger partial charge >= 0.3 is 12.1 Å². The molecular weight excluding hydrogens is 189 g/mol. The number of esters is 1. The molecule has 0 aromatic carbocycles. The highest BCUT2D eigenvalue weighted by atomic mass is 19.4. The van der Waals surface area contributed by atoms with Gasteiger partial charge in [-0.05, 0) is 13.0 Å². The number of carbonyl (C=O) groups is 2. The fourth-order valence-corrected chi connectivity index (χ4v) is 0.386. The summed E-state index contributed by atoms with van der Waals surface area (Å²) in [5.41, 5.74) is 0. The molecule has 0 saturated heterocycles. The van der Waals surface area contributed by atoms with Crippen LogP contribution in [0.25, 0.3) is 0 Å². The van der Waals surface area contributed by atoms with Crippen molar-refractivity contribution in [3.8, 4) is 0 Å². The largest absolute Gasteiger partial charge is 0.453 e. The van der Waals surface area contributed by atoms with Crippen molar-refractivity contribution >= 4 is 11.8 Å². The fraction of sp³-hybridized carbons (Fsp3) is 0.429. The molecule has 0 unspecified atom stereocenters. The summed E-state index contributed by atoms with van der Waals surface area (Å²) in [5, 5.41) is 0. The zero-order valence-electron chi connectivity index (χ0n) is 6.72. The van der Waals surface area contributed by atoms with Gasteiger partial charge in [-0.2, -0.15) is 13.2 Å². The van der Waals surface area contributed by atoms with E-state index in [0.717, 1.165) is 13.0 Å². The maximum absolute atomic E-state index is 11.4. The predicted octanol–water partition coefficient (Wildman–Crippen LogP) is 1.24. The number of hydrogen-bond donors (Lipinski definition) is 0. The van der Waals surface area contributed by atoms with Gasteiger partial charge in [0.2, 0.25) is 0 Å². The first-order chi connectivity index (χ1) is 5.81. The van der Waals surface area contributed by atoms with Crippen molar-refractivity contribution in [1.29, 1.82) is 0 Å². The summed E-state index contributed by atoms with van der Waals surface area (Å²) in [5.74, 6) is -1.63. The van der Waals surface area contributed by atoms with Crippen LogP contribution >= 0.6 is 0 Å². The standard InChI is InChI=1S/C7H7F3O3/c1-5(11)2-3-6(12)13-4-7(8,9)10/h2-3H,4H2,1H3/b3-2+. The highest BCUT2D eigenvalue weighted by molar-refractivity contribution is 5.94. The van der Waals surface area contributed by atoms with E-state index in [-0.39, 0.29) is 0 Å². The van der Waals surface area contributed by atoms with Crippen molar-refractivity contribution in [2.75, 3.05) is 6.61 Å². The zero-order valence-corrected chi connectivity index (χ0v) is 6.72. The second-order valence-corrected chi connectivity index (χ2v) is 2.17. The Labute approximate surface area is 72.2 Å². The van der Waals surface area contributed by atoms with Crippen LogP contribution in [0.15, 0.2) is 12.2 Å². The number of rotatable bonds is 3. The molecule has 74 valence electrons. The van der Waals surface area contributed by atoms with Crippen LogP contribution in [0.1, 0.15) is 6.92 Å². The average Bonchev–Trinajstić information content (AvgIpc) is 1.95. The molecular formula is C7H7F3O3.